The maximum Gasteiger partial charge on any atom is 0.170 e. The van der Waals surface area contributed by atoms with Gasteiger partial charge >= 0.3 is 0 Å². The molecule has 0 saturated heterocycles. The Labute approximate surface area is 158 Å². The monoisotopic (exact) mass is 366 g/mol. The number of rotatable bonds is 7. The molecule has 4 nitrogen and oxygen atoms in total. The number of para-hydroxylation sites is 2. The first-order valence-electron chi connectivity index (χ1n) is 8.14. The van der Waals surface area contributed by atoms with Crippen molar-refractivity contribution in [3.8, 4) is 11.5 Å². The molecule has 0 aromatic heterocycles. The summed E-state index contributed by atoms with van der Waals surface area (Å²) >= 11 is 6.03. The fourth-order valence-electron chi connectivity index (χ4n) is 2.42. The van der Waals surface area contributed by atoms with Crippen LogP contribution in [0, 0.1) is 0 Å². The Balaban J connectivity index is 1.77. The zero-order valence-electron chi connectivity index (χ0n) is 14.4. The second kappa shape index (κ2) is 8.92. The van der Waals surface area contributed by atoms with Crippen LogP contribution in [0.1, 0.15) is 11.1 Å². The van der Waals surface area contributed by atoms with Crippen molar-refractivity contribution in [2.45, 2.75) is 6.61 Å². The molecule has 0 bridgehead atoms. The summed E-state index contributed by atoms with van der Waals surface area (Å²) in [5, 5.41) is 4.97. The number of ether oxygens (including phenoxy) is 2. The van der Waals surface area contributed by atoms with Gasteiger partial charge in [-0.2, -0.15) is 5.10 Å². The number of hydrogen-bond donors (Lipinski definition) is 1. The first-order chi connectivity index (χ1) is 12.8. The predicted molar refractivity (Wildman–Crippen MR) is 106 cm³/mol. The molecular formula is C21H19ClN2O2. The van der Waals surface area contributed by atoms with Gasteiger partial charge < -0.3 is 9.47 Å². The second-order valence-corrected chi connectivity index (χ2v) is 5.97. The van der Waals surface area contributed by atoms with E-state index in [0.717, 1.165) is 16.8 Å². The van der Waals surface area contributed by atoms with Crippen LogP contribution in [0.15, 0.2) is 77.9 Å². The number of nitrogens with one attached hydrogen (secondary N) is 1. The average molecular weight is 367 g/mol. The van der Waals surface area contributed by atoms with E-state index in [-0.39, 0.29) is 0 Å². The average Bonchev–Trinajstić information content (AvgIpc) is 2.67. The maximum atomic E-state index is 6.03. The molecule has 1 N–H and O–H groups in total. The van der Waals surface area contributed by atoms with Crippen LogP contribution in [-0.2, 0) is 6.61 Å². The van der Waals surface area contributed by atoms with Crippen LogP contribution in [0.3, 0.4) is 0 Å². The van der Waals surface area contributed by atoms with Gasteiger partial charge in [-0.05, 0) is 42.0 Å². The first kappa shape index (κ1) is 17.8. The molecule has 132 valence electrons. The minimum atomic E-state index is 0.383. The molecule has 0 atom stereocenters. The number of nitrogens with zero attached hydrogens (tertiary/aromatic N) is 1. The van der Waals surface area contributed by atoms with E-state index in [1.165, 1.54) is 0 Å². The molecule has 0 spiro atoms. The van der Waals surface area contributed by atoms with Gasteiger partial charge in [0.1, 0.15) is 6.61 Å². The Hall–Kier alpha value is -2.98. The number of hydrazone groups is 1. The highest BCUT2D eigenvalue weighted by molar-refractivity contribution is 6.30. The summed E-state index contributed by atoms with van der Waals surface area (Å²) in [6.45, 7) is 0.383. The third-order valence-electron chi connectivity index (χ3n) is 3.67. The number of anilines is 1. The third-order valence-corrected chi connectivity index (χ3v) is 3.91. The number of benzene rings is 3. The zero-order chi connectivity index (χ0) is 18.2. The molecule has 0 unspecified atom stereocenters. The molecule has 0 fully saturated rings. The standard InChI is InChI=1S/C21H19ClN2O2/c1-25-20-12-6-8-17(14-23-24-19-10-3-2-4-11-19)21(20)26-15-16-7-5-9-18(22)13-16/h2-14,24H,15H2,1H3. The van der Waals surface area contributed by atoms with Gasteiger partial charge in [0, 0.05) is 10.6 Å². The number of hydrogen-bond acceptors (Lipinski definition) is 4. The topological polar surface area (TPSA) is 42.8 Å². The molecule has 0 heterocycles. The lowest BCUT2D eigenvalue weighted by molar-refractivity contribution is 0.284. The quantitative estimate of drug-likeness (QED) is 0.451. The summed E-state index contributed by atoms with van der Waals surface area (Å²) in [7, 11) is 1.62. The molecule has 0 aliphatic rings. The summed E-state index contributed by atoms with van der Waals surface area (Å²) in [5.41, 5.74) is 5.70. The van der Waals surface area contributed by atoms with Crippen molar-refractivity contribution < 1.29 is 9.47 Å². The Bertz CT molecular complexity index is 882. The van der Waals surface area contributed by atoms with E-state index in [1.807, 2.05) is 72.8 Å². The summed E-state index contributed by atoms with van der Waals surface area (Å²) in [6, 6.07) is 23.0. The Morgan fingerprint density at radius 3 is 2.58 bits per heavy atom. The fraction of sp³-hybridized carbons (Fsp3) is 0.0952. The highest BCUT2D eigenvalue weighted by Gasteiger charge is 2.10. The van der Waals surface area contributed by atoms with Gasteiger partial charge in [-0.25, -0.2) is 0 Å². The largest absolute Gasteiger partial charge is 0.493 e. The number of methoxy groups -OCH3 is 1. The molecule has 5 heteroatoms. The summed E-state index contributed by atoms with van der Waals surface area (Å²) in [5.74, 6) is 1.28. The van der Waals surface area contributed by atoms with Crippen LogP contribution in [0.25, 0.3) is 0 Å². The molecule has 0 saturated carbocycles. The van der Waals surface area contributed by atoms with Crippen molar-refractivity contribution in [1.29, 1.82) is 0 Å². The van der Waals surface area contributed by atoms with Crippen LogP contribution < -0.4 is 14.9 Å². The molecular weight excluding hydrogens is 348 g/mol. The smallest absolute Gasteiger partial charge is 0.170 e. The molecule has 0 radical (unpaired) electrons. The molecule has 3 rings (SSSR count). The highest BCUT2D eigenvalue weighted by atomic mass is 35.5. The van der Waals surface area contributed by atoms with Crippen LogP contribution in [0.4, 0.5) is 5.69 Å². The van der Waals surface area contributed by atoms with Crippen LogP contribution in [0.2, 0.25) is 5.02 Å². The van der Waals surface area contributed by atoms with Gasteiger partial charge in [-0.3, -0.25) is 5.43 Å². The van der Waals surface area contributed by atoms with E-state index in [4.69, 9.17) is 21.1 Å². The number of halogens is 1. The lowest BCUT2D eigenvalue weighted by Gasteiger charge is -2.13. The van der Waals surface area contributed by atoms with E-state index in [9.17, 15) is 0 Å². The van der Waals surface area contributed by atoms with E-state index >= 15 is 0 Å². The van der Waals surface area contributed by atoms with E-state index in [1.54, 1.807) is 13.3 Å². The highest BCUT2D eigenvalue weighted by Crippen LogP contribution is 2.31. The van der Waals surface area contributed by atoms with Gasteiger partial charge in [-0.1, -0.05) is 48.0 Å². The van der Waals surface area contributed by atoms with Crippen LogP contribution >= 0.6 is 11.6 Å². The molecule has 0 aliphatic carbocycles. The van der Waals surface area contributed by atoms with Crippen molar-refractivity contribution in [2.24, 2.45) is 5.10 Å². The predicted octanol–water partition coefficient (Wildman–Crippen LogP) is 5.37. The van der Waals surface area contributed by atoms with Gasteiger partial charge in [0.25, 0.3) is 0 Å². The molecule has 3 aromatic carbocycles. The molecule has 0 aliphatic heterocycles. The lowest BCUT2D eigenvalue weighted by atomic mass is 10.2. The summed E-state index contributed by atoms with van der Waals surface area (Å²) < 4.78 is 11.4. The molecule has 0 amide bonds. The lowest BCUT2D eigenvalue weighted by Crippen LogP contribution is -2.01. The Morgan fingerprint density at radius 2 is 1.81 bits per heavy atom. The Kier molecular flexibility index (Phi) is 6.12. The maximum absolute atomic E-state index is 6.03. The summed E-state index contributed by atoms with van der Waals surface area (Å²) in [6.07, 6.45) is 1.71. The van der Waals surface area contributed by atoms with Gasteiger partial charge in [-0.15, -0.1) is 0 Å². The fourth-order valence-corrected chi connectivity index (χ4v) is 2.63. The van der Waals surface area contributed by atoms with E-state index < -0.39 is 0 Å². The van der Waals surface area contributed by atoms with Gasteiger partial charge in [0.05, 0.1) is 19.0 Å². The van der Waals surface area contributed by atoms with E-state index in [0.29, 0.717) is 23.1 Å². The van der Waals surface area contributed by atoms with Gasteiger partial charge in [0.15, 0.2) is 11.5 Å². The van der Waals surface area contributed by atoms with Gasteiger partial charge in [0.2, 0.25) is 0 Å². The van der Waals surface area contributed by atoms with Crippen LogP contribution in [-0.4, -0.2) is 13.3 Å². The van der Waals surface area contributed by atoms with Crippen molar-refractivity contribution in [3.63, 3.8) is 0 Å². The van der Waals surface area contributed by atoms with Crippen LogP contribution in [0.5, 0.6) is 11.5 Å². The van der Waals surface area contributed by atoms with Crippen molar-refractivity contribution in [2.75, 3.05) is 12.5 Å². The zero-order valence-corrected chi connectivity index (χ0v) is 15.1. The first-order valence-corrected chi connectivity index (χ1v) is 8.52. The minimum Gasteiger partial charge on any atom is -0.493 e. The Morgan fingerprint density at radius 1 is 1.00 bits per heavy atom. The second-order valence-electron chi connectivity index (χ2n) is 5.53. The van der Waals surface area contributed by atoms with Crippen molar-refractivity contribution in [1.82, 2.24) is 0 Å². The van der Waals surface area contributed by atoms with E-state index in [2.05, 4.69) is 10.5 Å². The molecule has 3 aromatic rings. The minimum absolute atomic E-state index is 0.383. The SMILES string of the molecule is COc1cccc(C=NNc2ccccc2)c1OCc1cccc(Cl)c1. The van der Waals surface area contributed by atoms with Crippen molar-refractivity contribution >= 4 is 23.5 Å². The normalized spacial score (nSPS) is 10.7. The summed E-state index contributed by atoms with van der Waals surface area (Å²) in [4.78, 5) is 0. The molecule has 26 heavy (non-hydrogen) atoms. The third kappa shape index (κ3) is 4.77. The van der Waals surface area contributed by atoms with Crippen molar-refractivity contribution in [3.05, 3.63) is 88.9 Å².